The van der Waals surface area contributed by atoms with E-state index in [0.29, 0.717) is 12.1 Å². The van der Waals surface area contributed by atoms with Crippen molar-refractivity contribution in [2.75, 3.05) is 13.1 Å². The van der Waals surface area contributed by atoms with Crippen molar-refractivity contribution in [1.82, 2.24) is 10.6 Å². The Morgan fingerprint density at radius 3 is 1.62 bits per heavy atom. The van der Waals surface area contributed by atoms with Crippen molar-refractivity contribution in [3.8, 4) is 0 Å². The summed E-state index contributed by atoms with van der Waals surface area (Å²) in [6, 6.07) is 1.32. The van der Waals surface area contributed by atoms with Gasteiger partial charge in [0, 0.05) is 25.2 Å². The summed E-state index contributed by atoms with van der Waals surface area (Å²) < 4.78 is 0. The zero-order chi connectivity index (χ0) is 5.98. The minimum Gasteiger partial charge on any atom is -0.311 e. The van der Waals surface area contributed by atoms with Crippen molar-refractivity contribution in [2.45, 2.75) is 25.9 Å². The maximum absolute atomic E-state index is 3.37. The molecule has 1 unspecified atom stereocenters. The Morgan fingerprint density at radius 2 is 1.38 bits per heavy atom. The molecule has 2 heteroatoms. The Balaban J connectivity index is 2.19. The lowest BCUT2D eigenvalue weighted by atomic mass is 10.2. The van der Waals surface area contributed by atoms with Crippen molar-refractivity contribution < 1.29 is 0 Å². The molecule has 2 N–H and O–H groups in total. The molecular formula is C6H14N2. The third-order valence-electron chi connectivity index (χ3n) is 1.54. The molecule has 0 aromatic carbocycles. The van der Waals surface area contributed by atoms with Gasteiger partial charge < -0.3 is 10.6 Å². The van der Waals surface area contributed by atoms with E-state index in [-0.39, 0.29) is 0 Å². The Morgan fingerprint density at radius 1 is 1.00 bits per heavy atom. The van der Waals surface area contributed by atoms with E-state index in [2.05, 4.69) is 24.5 Å². The van der Waals surface area contributed by atoms with Gasteiger partial charge in [-0.25, -0.2) is 0 Å². The molecule has 1 heterocycles. The first-order valence-electron chi connectivity index (χ1n) is 3.26. The predicted octanol–water partition coefficient (Wildman–Crippen LogP) is -0.0438. The van der Waals surface area contributed by atoms with Crippen molar-refractivity contribution in [3.63, 3.8) is 0 Å². The van der Waals surface area contributed by atoms with E-state index in [9.17, 15) is 0 Å². The van der Waals surface area contributed by atoms with Crippen LogP contribution in [-0.2, 0) is 0 Å². The summed E-state index contributed by atoms with van der Waals surface area (Å²) in [7, 11) is 0. The summed E-state index contributed by atoms with van der Waals surface area (Å²) in [5, 5.41) is 6.74. The summed E-state index contributed by atoms with van der Waals surface area (Å²) >= 11 is 0. The fourth-order valence-electron chi connectivity index (χ4n) is 0.900. The van der Waals surface area contributed by atoms with Crippen molar-refractivity contribution in [2.24, 2.45) is 0 Å². The minimum atomic E-state index is 0.659. The highest BCUT2D eigenvalue weighted by Gasteiger charge is 2.10. The summed E-state index contributed by atoms with van der Waals surface area (Å²) in [5.74, 6) is 0. The van der Waals surface area contributed by atoms with E-state index < -0.39 is 0 Å². The van der Waals surface area contributed by atoms with Crippen LogP contribution in [0.4, 0.5) is 0 Å². The molecule has 1 aliphatic heterocycles. The summed E-state index contributed by atoms with van der Waals surface area (Å²) in [6.45, 7) is 6.61. The van der Waals surface area contributed by atoms with Gasteiger partial charge in [-0.2, -0.15) is 0 Å². The van der Waals surface area contributed by atoms with Gasteiger partial charge in [-0.1, -0.05) is 0 Å². The molecule has 0 aliphatic carbocycles. The molecule has 0 saturated carbocycles. The third-order valence-corrected chi connectivity index (χ3v) is 1.54. The van der Waals surface area contributed by atoms with Crippen LogP contribution in [0.15, 0.2) is 0 Å². The van der Waals surface area contributed by atoms with Crippen LogP contribution in [0.5, 0.6) is 0 Å². The third kappa shape index (κ3) is 1.46. The van der Waals surface area contributed by atoms with Crippen LogP contribution in [0.1, 0.15) is 13.8 Å². The molecular weight excluding hydrogens is 100 g/mol. The molecule has 0 radical (unpaired) electrons. The zero-order valence-corrected chi connectivity index (χ0v) is 5.57. The molecule has 0 bridgehead atoms. The lowest BCUT2D eigenvalue weighted by Gasteiger charge is -2.26. The molecule has 0 aromatic heterocycles. The van der Waals surface area contributed by atoms with Gasteiger partial charge in [-0.05, 0) is 13.8 Å². The van der Waals surface area contributed by atoms with Crippen LogP contribution < -0.4 is 10.6 Å². The van der Waals surface area contributed by atoms with Crippen LogP contribution in [-0.4, -0.2) is 25.2 Å². The zero-order valence-electron chi connectivity index (χ0n) is 5.57. The molecule has 0 aromatic rings. The largest absolute Gasteiger partial charge is 0.311 e. The first-order valence-corrected chi connectivity index (χ1v) is 3.26. The van der Waals surface area contributed by atoms with Gasteiger partial charge in [0.2, 0.25) is 0 Å². The fraction of sp³-hybridized carbons (Fsp3) is 1.00. The summed E-state index contributed by atoms with van der Waals surface area (Å²) in [4.78, 5) is 0. The van der Waals surface area contributed by atoms with E-state index in [1.807, 2.05) is 0 Å². The van der Waals surface area contributed by atoms with Gasteiger partial charge >= 0.3 is 0 Å². The fourth-order valence-corrected chi connectivity index (χ4v) is 0.900. The maximum atomic E-state index is 3.37. The number of nitrogens with one attached hydrogen (secondary N) is 2. The van der Waals surface area contributed by atoms with Crippen LogP contribution in [0.3, 0.4) is 0 Å². The second kappa shape index (κ2) is 2.46. The van der Waals surface area contributed by atoms with Crippen molar-refractivity contribution >= 4 is 0 Å². The summed E-state index contributed by atoms with van der Waals surface area (Å²) in [5.41, 5.74) is 0. The SMILES string of the molecule is CC1CN[C@H](C)CN1. The average Bonchev–Trinajstić information content (AvgIpc) is 1.77. The number of hydrogen-bond donors (Lipinski definition) is 2. The molecule has 0 amide bonds. The first-order chi connectivity index (χ1) is 3.79. The normalized spacial score (nSPS) is 39.8. The minimum absolute atomic E-state index is 0.659. The molecule has 1 rings (SSSR count). The maximum Gasteiger partial charge on any atom is 0.0164 e. The van der Waals surface area contributed by atoms with E-state index in [4.69, 9.17) is 0 Å². The van der Waals surface area contributed by atoms with Gasteiger partial charge in [0.05, 0.1) is 0 Å². The molecule has 1 saturated heterocycles. The smallest absolute Gasteiger partial charge is 0.0164 e. The standard InChI is InChI=1S/C6H14N2/c1-5-3-8-6(2)4-7-5/h5-8H,3-4H2,1-2H3/t5-,6?/m1/s1. The average molecular weight is 114 g/mol. The molecule has 2 nitrogen and oxygen atoms in total. The quantitative estimate of drug-likeness (QED) is 0.461. The van der Waals surface area contributed by atoms with Crippen LogP contribution >= 0.6 is 0 Å². The second-order valence-electron chi connectivity index (χ2n) is 2.62. The van der Waals surface area contributed by atoms with Gasteiger partial charge in [0.25, 0.3) is 0 Å². The lowest BCUT2D eigenvalue weighted by molar-refractivity contribution is 0.376. The number of hydrogen-bond acceptors (Lipinski definition) is 2. The van der Waals surface area contributed by atoms with Crippen LogP contribution in [0, 0.1) is 0 Å². The molecule has 48 valence electrons. The Labute approximate surface area is 50.7 Å². The van der Waals surface area contributed by atoms with Gasteiger partial charge in [0.1, 0.15) is 0 Å². The molecule has 0 spiro atoms. The highest BCUT2D eigenvalue weighted by molar-refractivity contribution is 4.76. The van der Waals surface area contributed by atoms with Crippen molar-refractivity contribution in [1.29, 1.82) is 0 Å². The molecule has 8 heavy (non-hydrogen) atoms. The highest BCUT2D eigenvalue weighted by Crippen LogP contribution is 1.89. The Kier molecular flexibility index (Phi) is 1.86. The van der Waals surface area contributed by atoms with E-state index >= 15 is 0 Å². The molecule has 1 fully saturated rings. The topological polar surface area (TPSA) is 24.1 Å². The monoisotopic (exact) mass is 114 g/mol. The van der Waals surface area contributed by atoms with E-state index in [1.165, 1.54) is 0 Å². The van der Waals surface area contributed by atoms with Crippen LogP contribution in [0.2, 0.25) is 0 Å². The van der Waals surface area contributed by atoms with Crippen molar-refractivity contribution in [3.05, 3.63) is 0 Å². The van der Waals surface area contributed by atoms with Crippen LogP contribution in [0.25, 0.3) is 0 Å². The Bertz CT molecular complexity index is 54.9. The van der Waals surface area contributed by atoms with Gasteiger partial charge in [0.15, 0.2) is 0 Å². The number of rotatable bonds is 0. The van der Waals surface area contributed by atoms with Gasteiger partial charge in [-0.3, -0.25) is 0 Å². The highest BCUT2D eigenvalue weighted by atomic mass is 15.1. The van der Waals surface area contributed by atoms with Gasteiger partial charge in [-0.15, -0.1) is 0 Å². The first kappa shape index (κ1) is 6.05. The Hall–Kier alpha value is -0.0800. The van der Waals surface area contributed by atoms with E-state index in [0.717, 1.165) is 13.1 Å². The molecule has 2 atom stereocenters. The number of piperazine rings is 1. The summed E-state index contributed by atoms with van der Waals surface area (Å²) in [6.07, 6.45) is 0. The lowest BCUT2D eigenvalue weighted by Crippen LogP contribution is -2.51. The predicted molar refractivity (Wildman–Crippen MR) is 34.9 cm³/mol. The van der Waals surface area contributed by atoms with E-state index in [1.54, 1.807) is 0 Å². The molecule has 1 aliphatic rings. The second-order valence-corrected chi connectivity index (χ2v) is 2.62.